The first-order valence-electron chi connectivity index (χ1n) is 9.85. The van der Waals surface area contributed by atoms with E-state index in [1.165, 1.54) is 4.80 Å². The number of amides is 2. The molecule has 3 aromatic rings. The molecule has 0 aliphatic carbocycles. The molecule has 2 N–H and O–H groups in total. The number of piperidine rings is 1. The molecule has 0 saturated carbocycles. The lowest BCUT2D eigenvalue weighted by Crippen LogP contribution is -2.63. The molecule has 2 aromatic carbocycles. The minimum absolute atomic E-state index is 0.0114. The van der Waals surface area contributed by atoms with E-state index >= 15 is 0 Å². The van der Waals surface area contributed by atoms with Crippen LogP contribution in [0.2, 0.25) is 0 Å². The number of nitrogens with one attached hydrogen (secondary N) is 2. The van der Waals surface area contributed by atoms with Gasteiger partial charge in [0, 0.05) is 31.6 Å². The van der Waals surface area contributed by atoms with E-state index in [4.69, 9.17) is 0 Å². The Labute approximate surface area is 167 Å². The number of hydrogen-bond donors (Lipinski definition) is 2. The summed E-state index contributed by atoms with van der Waals surface area (Å²) < 4.78 is 0. The van der Waals surface area contributed by atoms with Crippen LogP contribution in [0, 0.1) is 0 Å². The standard InChI is InChI=1S/C21H22N6O2/c1-14(27-24-17-8-4-5-9-18(17)25-27)20(29)26-12-10-21(11-13-26)22-16-7-3-2-6-15(16)19(28)23-21/h2-9,14,22H,10-13H2,1H3,(H,23,28). The predicted molar refractivity (Wildman–Crippen MR) is 108 cm³/mol. The number of aromatic nitrogens is 3. The van der Waals surface area contributed by atoms with E-state index in [2.05, 4.69) is 20.8 Å². The number of rotatable bonds is 2. The van der Waals surface area contributed by atoms with Crippen molar-refractivity contribution >= 4 is 28.5 Å². The molecule has 0 bridgehead atoms. The molecule has 0 radical (unpaired) electrons. The average Bonchev–Trinajstić information content (AvgIpc) is 3.17. The van der Waals surface area contributed by atoms with Gasteiger partial charge < -0.3 is 15.5 Å². The highest BCUT2D eigenvalue weighted by Crippen LogP contribution is 2.31. The Morgan fingerprint density at radius 3 is 2.31 bits per heavy atom. The van der Waals surface area contributed by atoms with Crippen LogP contribution in [0.4, 0.5) is 5.69 Å². The molecule has 148 valence electrons. The zero-order chi connectivity index (χ0) is 20.0. The lowest BCUT2D eigenvalue weighted by Gasteiger charge is -2.46. The normalized spacial score (nSPS) is 18.8. The third-order valence-corrected chi connectivity index (χ3v) is 5.83. The number of carbonyl (C=O) groups is 2. The molecule has 8 heteroatoms. The van der Waals surface area contributed by atoms with Crippen molar-refractivity contribution < 1.29 is 9.59 Å². The average molecular weight is 390 g/mol. The van der Waals surface area contributed by atoms with Gasteiger partial charge in [-0.25, -0.2) is 0 Å². The smallest absolute Gasteiger partial charge is 0.255 e. The number of likely N-dealkylation sites (tertiary alicyclic amines) is 1. The van der Waals surface area contributed by atoms with Crippen LogP contribution >= 0.6 is 0 Å². The minimum Gasteiger partial charge on any atom is -0.362 e. The summed E-state index contributed by atoms with van der Waals surface area (Å²) in [6, 6.07) is 14.6. The Bertz CT molecular complexity index is 1070. The van der Waals surface area contributed by atoms with Gasteiger partial charge in [0.05, 0.1) is 5.56 Å². The van der Waals surface area contributed by atoms with Gasteiger partial charge in [0.15, 0.2) is 0 Å². The molecule has 1 atom stereocenters. The number of carbonyl (C=O) groups excluding carboxylic acids is 2. The summed E-state index contributed by atoms with van der Waals surface area (Å²) in [6.07, 6.45) is 1.28. The summed E-state index contributed by atoms with van der Waals surface area (Å²) in [5.74, 6) is -0.0809. The van der Waals surface area contributed by atoms with Crippen LogP contribution in [0.3, 0.4) is 0 Å². The lowest BCUT2D eigenvalue weighted by molar-refractivity contribution is -0.136. The molecule has 1 fully saturated rings. The van der Waals surface area contributed by atoms with Gasteiger partial charge in [0.1, 0.15) is 22.7 Å². The zero-order valence-electron chi connectivity index (χ0n) is 16.1. The lowest BCUT2D eigenvalue weighted by atomic mass is 9.92. The van der Waals surface area contributed by atoms with Crippen LogP contribution in [0.1, 0.15) is 36.2 Å². The number of hydrogen-bond acceptors (Lipinski definition) is 5. The van der Waals surface area contributed by atoms with Crippen LogP contribution in [-0.4, -0.2) is 50.5 Å². The molecule has 1 unspecified atom stereocenters. The summed E-state index contributed by atoms with van der Waals surface area (Å²) in [5, 5.41) is 15.5. The van der Waals surface area contributed by atoms with Crippen LogP contribution in [0.5, 0.6) is 0 Å². The minimum atomic E-state index is -0.510. The maximum Gasteiger partial charge on any atom is 0.255 e. The van der Waals surface area contributed by atoms with Gasteiger partial charge >= 0.3 is 0 Å². The van der Waals surface area contributed by atoms with E-state index in [1.54, 1.807) is 0 Å². The fourth-order valence-corrected chi connectivity index (χ4v) is 4.14. The van der Waals surface area contributed by atoms with Gasteiger partial charge in [-0.15, -0.1) is 0 Å². The molecule has 2 aliphatic heterocycles. The molecular weight excluding hydrogens is 368 g/mol. The first-order valence-corrected chi connectivity index (χ1v) is 9.85. The zero-order valence-corrected chi connectivity index (χ0v) is 16.1. The maximum atomic E-state index is 13.0. The van der Waals surface area contributed by atoms with Gasteiger partial charge in [0.2, 0.25) is 5.91 Å². The number of anilines is 1. The Hall–Kier alpha value is -3.42. The topological polar surface area (TPSA) is 92.2 Å². The number of benzene rings is 2. The largest absolute Gasteiger partial charge is 0.362 e. The molecule has 2 aliphatic rings. The molecule has 29 heavy (non-hydrogen) atoms. The van der Waals surface area contributed by atoms with Gasteiger partial charge in [0.25, 0.3) is 5.91 Å². The van der Waals surface area contributed by atoms with Crippen LogP contribution < -0.4 is 10.6 Å². The Kier molecular flexibility index (Phi) is 4.01. The van der Waals surface area contributed by atoms with E-state index < -0.39 is 11.7 Å². The summed E-state index contributed by atoms with van der Waals surface area (Å²) >= 11 is 0. The molecule has 1 saturated heterocycles. The summed E-state index contributed by atoms with van der Waals surface area (Å²) in [7, 11) is 0. The Morgan fingerprint density at radius 2 is 1.62 bits per heavy atom. The van der Waals surface area contributed by atoms with Crippen molar-refractivity contribution in [1.29, 1.82) is 0 Å². The van der Waals surface area contributed by atoms with Crippen molar-refractivity contribution in [2.75, 3.05) is 18.4 Å². The van der Waals surface area contributed by atoms with Gasteiger partial charge in [-0.05, 0) is 31.2 Å². The molecule has 5 rings (SSSR count). The van der Waals surface area contributed by atoms with Crippen LogP contribution in [-0.2, 0) is 4.79 Å². The SMILES string of the molecule is CC(C(=O)N1CCC2(CC1)NC(=O)c1ccccc1N2)n1nc2ccccc2n1. The van der Waals surface area contributed by atoms with Gasteiger partial charge in [-0.2, -0.15) is 15.0 Å². The number of para-hydroxylation sites is 1. The van der Waals surface area contributed by atoms with Crippen molar-refractivity contribution in [3.05, 3.63) is 54.1 Å². The highest BCUT2D eigenvalue weighted by Gasteiger charge is 2.41. The molecule has 1 aromatic heterocycles. The first-order chi connectivity index (χ1) is 14.0. The number of fused-ring (bicyclic) bond motifs is 2. The Balaban J connectivity index is 1.29. The molecule has 3 heterocycles. The Morgan fingerprint density at radius 1 is 1.00 bits per heavy atom. The van der Waals surface area contributed by atoms with Crippen molar-refractivity contribution in [2.45, 2.75) is 31.5 Å². The molecule has 1 spiro atoms. The van der Waals surface area contributed by atoms with E-state index in [9.17, 15) is 9.59 Å². The van der Waals surface area contributed by atoms with Crippen molar-refractivity contribution in [2.24, 2.45) is 0 Å². The third-order valence-electron chi connectivity index (χ3n) is 5.83. The van der Waals surface area contributed by atoms with Crippen LogP contribution in [0.15, 0.2) is 48.5 Å². The second kappa shape index (κ2) is 6.58. The first kappa shape index (κ1) is 17.7. The van der Waals surface area contributed by atoms with Crippen molar-refractivity contribution in [1.82, 2.24) is 25.2 Å². The quantitative estimate of drug-likeness (QED) is 0.700. The highest BCUT2D eigenvalue weighted by molar-refractivity contribution is 6.02. The maximum absolute atomic E-state index is 13.0. The van der Waals surface area contributed by atoms with E-state index in [1.807, 2.05) is 60.4 Å². The fourth-order valence-electron chi connectivity index (χ4n) is 4.14. The number of nitrogens with zero attached hydrogens (tertiary/aromatic N) is 4. The van der Waals surface area contributed by atoms with Gasteiger partial charge in [-0.1, -0.05) is 24.3 Å². The van der Waals surface area contributed by atoms with E-state index in [-0.39, 0.29) is 11.8 Å². The van der Waals surface area contributed by atoms with E-state index in [0.29, 0.717) is 31.5 Å². The van der Waals surface area contributed by atoms with Crippen molar-refractivity contribution in [3.8, 4) is 0 Å². The second-order valence-corrected chi connectivity index (χ2v) is 7.72. The summed E-state index contributed by atoms with van der Waals surface area (Å²) in [6.45, 7) is 2.93. The van der Waals surface area contributed by atoms with Gasteiger partial charge in [-0.3, -0.25) is 9.59 Å². The van der Waals surface area contributed by atoms with Crippen LogP contribution in [0.25, 0.3) is 11.0 Å². The summed E-state index contributed by atoms with van der Waals surface area (Å²) in [4.78, 5) is 28.9. The monoisotopic (exact) mass is 390 g/mol. The fraction of sp³-hybridized carbons (Fsp3) is 0.333. The molecule has 8 nitrogen and oxygen atoms in total. The van der Waals surface area contributed by atoms with E-state index in [0.717, 1.165) is 16.7 Å². The molecule has 2 amide bonds. The molecular formula is C21H22N6O2. The second-order valence-electron chi connectivity index (χ2n) is 7.72. The third kappa shape index (κ3) is 3.00. The summed E-state index contributed by atoms with van der Waals surface area (Å²) in [5.41, 5.74) is 2.54. The predicted octanol–water partition coefficient (Wildman–Crippen LogP) is 2.17. The van der Waals surface area contributed by atoms with Crippen molar-refractivity contribution in [3.63, 3.8) is 0 Å². The highest BCUT2D eigenvalue weighted by atomic mass is 16.2.